The zero-order valence-corrected chi connectivity index (χ0v) is 17.6. The largest absolute Gasteiger partial charge is 0.389 e. The Balaban J connectivity index is 1.98. The Labute approximate surface area is 177 Å². The molecule has 30 heavy (non-hydrogen) atoms. The first-order valence-corrected chi connectivity index (χ1v) is 9.86. The van der Waals surface area contributed by atoms with Crippen molar-refractivity contribution in [1.29, 1.82) is 5.26 Å². The molecule has 5 heteroatoms. The normalized spacial score (nSPS) is 12.7. The van der Waals surface area contributed by atoms with E-state index in [0.29, 0.717) is 16.7 Å². The highest BCUT2D eigenvalue weighted by atomic mass is 16.3. The van der Waals surface area contributed by atoms with Gasteiger partial charge in [-0.3, -0.25) is 9.78 Å². The van der Waals surface area contributed by atoms with E-state index in [9.17, 15) is 15.2 Å². The maximum atomic E-state index is 13.0. The van der Waals surface area contributed by atoms with Crippen LogP contribution in [0.4, 0.5) is 0 Å². The van der Waals surface area contributed by atoms with Gasteiger partial charge in [-0.25, -0.2) is 0 Å². The second-order valence-corrected chi connectivity index (χ2v) is 7.61. The number of aryl methyl sites for hydroxylation is 2. The van der Waals surface area contributed by atoms with Gasteiger partial charge in [-0.15, -0.1) is 0 Å². The zero-order valence-electron chi connectivity index (χ0n) is 17.6. The first-order chi connectivity index (χ1) is 14.3. The summed E-state index contributed by atoms with van der Waals surface area (Å²) in [6, 6.07) is 16.7. The standard InChI is InChI=1S/C25H25N3O2/c1-15-5-8-24(23(9-15)13-26)21-10-20(18(4)29)11-22(12-21)25(30)28-17(3)19-7-6-16(2)27-14-19/h5-12,14,17-18,29H,1-4H3,(H,28,30)/t17-,18?/m1/s1. The highest BCUT2D eigenvalue weighted by Crippen LogP contribution is 2.29. The van der Waals surface area contributed by atoms with Crippen molar-refractivity contribution < 1.29 is 9.90 Å². The molecular formula is C25H25N3O2. The van der Waals surface area contributed by atoms with Crippen LogP contribution in [-0.2, 0) is 0 Å². The van der Waals surface area contributed by atoms with Gasteiger partial charge >= 0.3 is 0 Å². The number of hydrogen-bond donors (Lipinski definition) is 2. The van der Waals surface area contributed by atoms with E-state index in [0.717, 1.165) is 27.9 Å². The molecule has 0 fully saturated rings. The first-order valence-electron chi connectivity index (χ1n) is 9.86. The predicted octanol–water partition coefficient (Wildman–Crippen LogP) is 4.78. The van der Waals surface area contributed by atoms with Gasteiger partial charge in [-0.2, -0.15) is 5.26 Å². The van der Waals surface area contributed by atoms with Gasteiger partial charge in [0, 0.05) is 17.5 Å². The lowest BCUT2D eigenvalue weighted by Crippen LogP contribution is -2.27. The number of rotatable bonds is 5. The van der Waals surface area contributed by atoms with Gasteiger partial charge < -0.3 is 10.4 Å². The Hall–Kier alpha value is -3.49. The van der Waals surface area contributed by atoms with Crippen molar-refractivity contribution in [3.63, 3.8) is 0 Å². The molecule has 1 aromatic heterocycles. The molecule has 152 valence electrons. The number of amides is 1. The lowest BCUT2D eigenvalue weighted by atomic mass is 9.93. The summed E-state index contributed by atoms with van der Waals surface area (Å²) in [7, 11) is 0. The van der Waals surface area contributed by atoms with Crippen LogP contribution < -0.4 is 5.32 Å². The fourth-order valence-corrected chi connectivity index (χ4v) is 3.28. The maximum Gasteiger partial charge on any atom is 0.251 e. The van der Waals surface area contributed by atoms with Crippen molar-refractivity contribution in [3.05, 3.63) is 88.2 Å². The van der Waals surface area contributed by atoms with Crippen molar-refractivity contribution >= 4 is 5.91 Å². The zero-order chi connectivity index (χ0) is 21.8. The van der Waals surface area contributed by atoms with E-state index in [-0.39, 0.29) is 11.9 Å². The third-order valence-corrected chi connectivity index (χ3v) is 5.09. The maximum absolute atomic E-state index is 13.0. The van der Waals surface area contributed by atoms with Crippen molar-refractivity contribution in [2.75, 3.05) is 0 Å². The van der Waals surface area contributed by atoms with Crippen LogP contribution in [-0.4, -0.2) is 16.0 Å². The average Bonchev–Trinajstić information content (AvgIpc) is 2.73. The van der Waals surface area contributed by atoms with E-state index in [1.165, 1.54) is 0 Å². The molecule has 2 N–H and O–H groups in total. The number of aliphatic hydroxyl groups excluding tert-OH is 1. The molecule has 0 aliphatic heterocycles. The second-order valence-electron chi connectivity index (χ2n) is 7.61. The number of carbonyl (C=O) groups is 1. The number of carbonyl (C=O) groups excluding carboxylic acids is 1. The molecule has 0 radical (unpaired) electrons. The van der Waals surface area contributed by atoms with Crippen LogP contribution >= 0.6 is 0 Å². The molecule has 3 aromatic rings. The van der Waals surface area contributed by atoms with Gasteiger partial charge in [0.05, 0.1) is 23.8 Å². The molecule has 2 atom stereocenters. The molecule has 0 aliphatic rings. The minimum Gasteiger partial charge on any atom is -0.389 e. The summed E-state index contributed by atoms with van der Waals surface area (Å²) in [5, 5.41) is 22.7. The van der Waals surface area contributed by atoms with Gasteiger partial charge in [-0.05, 0) is 85.8 Å². The Morgan fingerprint density at radius 2 is 1.83 bits per heavy atom. The van der Waals surface area contributed by atoms with Crippen molar-refractivity contribution in [2.45, 2.75) is 39.8 Å². The van der Waals surface area contributed by atoms with Crippen LogP contribution in [0.3, 0.4) is 0 Å². The van der Waals surface area contributed by atoms with E-state index in [4.69, 9.17) is 0 Å². The topological polar surface area (TPSA) is 86.0 Å². The van der Waals surface area contributed by atoms with Crippen LogP contribution in [0.15, 0.2) is 54.7 Å². The molecule has 3 rings (SSSR count). The summed E-state index contributed by atoms with van der Waals surface area (Å²) < 4.78 is 0. The highest BCUT2D eigenvalue weighted by Gasteiger charge is 2.16. The molecular weight excluding hydrogens is 374 g/mol. The molecule has 0 saturated carbocycles. The summed E-state index contributed by atoms with van der Waals surface area (Å²) in [6.45, 7) is 7.40. The van der Waals surface area contributed by atoms with E-state index < -0.39 is 6.10 Å². The number of benzene rings is 2. The fraction of sp³-hybridized carbons (Fsp3) is 0.240. The Morgan fingerprint density at radius 1 is 1.07 bits per heavy atom. The summed E-state index contributed by atoms with van der Waals surface area (Å²) in [5.74, 6) is -0.252. The molecule has 1 amide bonds. The Morgan fingerprint density at radius 3 is 2.47 bits per heavy atom. The van der Waals surface area contributed by atoms with Gasteiger partial charge in [0.2, 0.25) is 0 Å². The number of aromatic nitrogens is 1. The molecule has 0 spiro atoms. The molecule has 1 unspecified atom stereocenters. The van der Waals surface area contributed by atoms with Crippen LogP contribution in [0.5, 0.6) is 0 Å². The summed E-state index contributed by atoms with van der Waals surface area (Å²) in [6.07, 6.45) is 1.01. The lowest BCUT2D eigenvalue weighted by molar-refractivity contribution is 0.0939. The Bertz CT molecular complexity index is 1110. The number of hydrogen-bond acceptors (Lipinski definition) is 4. The lowest BCUT2D eigenvalue weighted by Gasteiger charge is -2.17. The van der Waals surface area contributed by atoms with Crippen LogP contribution in [0.1, 0.15) is 64.3 Å². The van der Waals surface area contributed by atoms with E-state index in [2.05, 4.69) is 16.4 Å². The van der Waals surface area contributed by atoms with Crippen molar-refractivity contribution in [2.24, 2.45) is 0 Å². The Kier molecular flexibility index (Phi) is 6.29. The van der Waals surface area contributed by atoms with E-state index in [1.54, 1.807) is 25.3 Å². The van der Waals surface area contributed by atoms with Gasteiger partial charge in [-0.1, -0.05) is 18.2 Å². The van der Waals surface area contributed by atoms with Crippen molar-refractivity contribution in [3.8, 4) is 17.2 Å². The van der Waals surface area contributed by atoms with Crippen molar-refractivity contribution in [1.82, 2.24) is 10.3 Å². The minimum absolute atomic E-state index is 0.224. The monoisotopic (exact) mass is 399 g/mol. The summed E-state index contributed by atoms with van der Waals surface area (Å²) >= 11 is 0. The van der Waals surface area contributed by atoms with Crippen LogP contribution in [0.2, 0.25) is 0 Å². The SMILES string of the molecule is Cc1ccc(-c2cc(C(=O)N[C@H](C)c3ccc(C)nc3)cc(C(C)O)c2)c(C#N)c1. The number of aliphatic hydroxyl groups is 1. The number of nitrogens with zero attached hydrogens (tertiary/aromatic N) is 2. The third-order valence-electron chi connectivity index (χ3n) is 5.09. The summed E-state index contributed by atoms with van der Waals surface area (Å²) in [5.41, 5.74) is 5.84. The van der Waals surface area contributed by atoms with Gasteiger partial charge in [0.25, 0.3) is 5.91 Å². The third kappa shape index (κ3) is 4.73. The van der Waals surface area contributed by atoms with Crippen LogP contribution in [0, 0.1) is 25.2 Å². The quantitative estimate of drug-likeness (QED) is 0.646. The smallest absolute Gasteiger partial charge is 0.251 e. The number of nitriles is 1. The number of nitrogens with one attached hydrogen (secondary N) is 1. The first kappa shape index (κ1) is 21.2. The molecule has 1 heterocycles. The second kappa shape index (κ2) is 8.89. The fourth-order valence-electron chi connectivity index (χ4n) is 3.28. The predicted molar refractivity (Wildman–Crippen MR) is 117 cm³/mol. The molecule has 0 saturated heterocycles. The molecule has 5 nitrogen and oxygen atoms in total. The van der Waals surface area contributed by atoms with Gasteiger partial charge in [0.15, 0.2) is 0 Å². The van der Waals surface area contributed by atoms with Gasteiger partial charge in [0.1, 0.15) is 0 Å². The van der Waals surface area contributed by atoms with E-state index in [1.807, 2.05) is 57.2 Å². The van der Waals surface area contributed by atoms with E-state index >= 15 is 0 Å². The number of pyridine rings is 1. The average molecular weight is 399 g/mol. The molecule has 0 bridgehead atoms. The van der Waals surface area contributed by atoms with Crippen LogP contribution in [0.25, 0.3) is 11.1 Å². The molecule has 2 aromatic carbocycles. The molecule has 0 aliphatic carbocycles. The minimum atomic E-state index is -0.744. The highest BCUT2D eigenvalue weighted by molar-refractivity contribution is 5.96. The summed E-state index contributed by atoms with van der Waals surface area (Å²) in [4.78, 5) is 17.3.